The highest BCUT2D eigenvalue weighted by molar-refractivity contribution is 5.88. The van der Waals surface area contributed by atoms with Crippen molar-refractivity contribution >= 4 is 16.7 Å². The van der Waals surface area contributed by atoms with Gasteiger partial charge < -0.3 is 5.73 Å². The molecule has 1 heterocycles. The molecule has 0 spiro atoms. The van der Waals surface area contributed by atoms with Crippen LogP contribution in [0.25, 0.3) is 10.9 Å². The summed E-state index contributed by atoms with van der Waals surface area (Å²) in [5.74, 6) is 0.606. The summed E-state index contributed by atoms with van der Waals surface area (Å²) in [6.45, 7) is 2.02. The molecule has 1 aromatic heterocycles. The van der Waals surface area contributed by atoms with Crippen LogP contribution in [-0.4, -0.2) is 9.97 Å². The molecule has 78 valence electrons. The Morgan fingerprint density at radius 1 is 1.33 bits per heavy atom. The van der Waals surface area contributed by atoms with Gasteiger partial charge in [0.25, 0.3) is 0 Å². The molecular formula is C11H12FN3. The van der Waals surface area contributed by atoms with Crippen LogP contribution < -0.4 is 5.73 Å². The van der Waals surface area contributed by atoms with Crippen LogP contribution in [0.15, 0.2) is 18.2 Å². The Hall–Kier alpha value is -1.71. The lowest BCUT2D eigenvalue weighted by Gasteiger charge is -2.04. The van der Waals surface area contributed by atoms with E-state index >= 15 is 0 Å². The summed E-state index contributed by atoms with van der Waals surface area (Å²) in [5.41, 5.74) is 6.05. The Kier molecular flexibility index (Phi) is 2.49. The van der Waals surface area contributed by atoms with Gasteiger partial charge in [-0.3, -0.25) is 0 Å². The van der Waals surface area contributed by atoms with E-state index in [0.717, 1.165) is 6.42 Å². The van der Waals surface area contributed by atoms with Crippen LogP contribution in [0.4, 0.5) is 10.2 Å². The van der Waals surface area contributed by atoms with Gasteiger partial charge in [-0.1, -0.05) is 13.0 Å². The molecule has 0 saturated carbocycles. The summed E-state index contributed by atoms with van der Waals surface area (Å²) in [4.78, 5) is 8.29. The summed E-state index contributed by atoms with van der Waals surface area (Å²) in [5, 5.41) is 0.579. The van der Waals surface area contributed by atoms with Crippen LogP contribution in [0.1, 0.15) is 19.2 Å². The first-order valence-corrected chi connectivity index (χ1v) is 4.93. The third kappa shape index (κ3) is 1.75. The van der Waals surface area contributed by atoms with E-state index in [2.05, 4.69) is 9.97 Å². The summed E-state index contributed by atoms with van der Waals surface area (Å²) in [7, 11) is 0. The van der Waals surface area contributed by atoms with Gasteiger partial charge in [0.15, 0.2) is 0 Å². The Morgan fingerprint density at radius 2 is 2.13 bits per heavy atom. The first kappa shape index (κ1) is 9.83. The van der Waals surface area contributed by atoms with Crippen molar-refractivity contribution in [3.05, 3.63) is 29.8 Å². The molecule has 0 aliphatic carbocycles. The number of anilines is 1. The molecule has 0 aliphatic rings. The van der Waals surface area contributed by atoms with E-state index in [0.29, 0.717) is 29.0 Å². The number of hydrogen-bond donors (Lipinski definition) is 1. The van der Waals surface area contributed by atoms with Crippen molar-refractivity contribution in [3.63, 3.8) is 0 Å². The largest absolute Gasteiger partial charge is 0.383 e. The van der Waals surface area contributed by atoms with Gasteiger partial charge in [0.05, 0.1) is 0 Å². The van der Waals surface area contributed by atoms with Gasteiger partial charge in [0, 0.05) is 11.8 Å². The second-order valence-corrected chi connectivity index (χ2v) is 3.41. The zero-order chi connectivity index (χ0) is 10.8. The fourth-order valence-electron chi connectivity index (χ4n) is 1.52. The minimum atomic E-state index is -0.348. The third-order valence-electron chi connectivity index (χ3n) is 2.23. The lowest BCUT2D eigenvalue weighted by molar-refractivity contribution is 0.635. The molecule has 0 saturated heterocycles. The van der Waals surface area contributed by atoms with Gasteiger partial charge in [-0.25, -0.2) is 14.4 Å². The molecule has 0 fully saturated rings. The normalized spacial score (nSPS) is 10.8. The summed E-state index contributed by atoms with van der Waals surface area (Å²) in [6, 6.07) is 4.71. The number of hydrogen-bond acceptors (Lipinski definition) is 3. The van der Waals surface area contributed by atoms with Crippen LogP contribution in [0.3, 0.4) is 0 Å². The lowest BCUT2D eigenvalue weighted by Crippen LogP contribution is -2.01. The van der Waals surface area contributed by atoms with Crippen molar-refractivity contribution in [2.75, 3.05) is 5.73 Å². The van der Waals surface area contributed by atoms with Crippen LogP contribution in [-0.2, 0) is 6.42 Å². The highest BCUT2D eigenvalue weighted by Crippen LogP contribution is 2.20. The zero-order valence-corrected chi connectivity index (χ0v) is 8.50. The molecule has 3 nitrogen and oxygen atoms in total. The maximum atomic E-state index is 13.4. The number of halogens is 1. The molecule has 2 N–H and O–H groups in total. The van der Waals surface area contributed by atoms with Gasteiger partial charge in [0.2, 0.25) is 0 Å². The van der Waals surface area contributed by atoms with Crippen LogP contribution in [0.2, 0.25) is 0 Å². The molecule has 0 radical (unpaired) electrons. The number of para-hydroxylation sites is 1. The molecule has 2 rings (SSSR count). The average molecular weight is 205 g/mol. The molecule has 0 bridgehead atoms. The first-order chi connectivity index (χ1) is 7.22. The molecule has 4 heteroatoms. The molecule has 2 aromatic rings. The van der Waals surface area contributed by atoms with Crippen molar-refractivity contribution in [1.29, 1.82) is 0 Å². The standard InChI is InChI=1S/C11H12FN3/c1-2-4-9-14-10-7(11(13)15-9)5-3-6-8(10)12/h3,5-6H,2,4H2,1H3,(H2,13,14,15). The minimum absolute atomic E-state index is 0.313. The number of benzene rings is 1. The van der Waals surface area contributed by atoms with Gasteiger partial charge in [0.1, 0.15) is 23.0 Å². The number of aromatic nitrogens is 2. The van der Waals surface area contributed by atoms with Crippen molar-refractivity contribution in [3.8, 4) is 0 Å². The predicted molar refractivity (Wildman–Crippen MR) is 57.9 cm³/mol. The third-order valence-corrected chi connectivity index (χ3v) is 2.23. The molecule has 0 unspecified atom stereocenters. The monoisotopic (exact) mass is 205 g/mol. The Labute approximate surface area is 87.2 Å². The van der Waals surface area contributed by atoms with E-state index in [1.165, 1.54) is 6.07 Å². The predicted octanol–water partition coefficient (Wildman–Crippen LogP) is 2.30. The van der Waals surface area contributed by atoms with E-state index < -0.39 is 0 Å². The molecule has 0 amide bonds. The molecule has 1 aromatic carbocycles. The van der Waals surface area contributed by atoms with Crippen molar-refractivity contribution in [1.82, 2.24) is 9.97 Å². The second-order valence-electron chi connectivity index (χ2n) is 3.41. The number of fused-ring (bicyclic) bond motifs is 1. The molecule has 15 heavy (non-hydrogen) atoms. The van der Waals surface area contributed by atoms with Crippen molar-refractivity contribution in [2.24, 2.45) is 0 Å². The lowest BCUT2D eigenvalue weighted by atomic mass is 10.2. The topological polar surface area (TPSA) is 51.8 Å². The number of nitrogens with two attached hydrogens (primary N) is 1. The van der Waals surface area contributed by atoms with E-state index in [1.807, 2.05) is 6.92 Å². The average Bonchev–Trinajstić information content (AvgIpc) is 2.20. The van der Waals surface area contributed by atoms with Gasteiger partial charge >= 0.3 is 0 Å². The highest BCUT2D eigenvalue weighted by Gasteiger charge is 2.07. The summed E-state index contributed by atoms with van der Waals surface area (Å²) >= 11 is 0. The Morgan fingerprint density at radius 3 is 2.87 bits per heavy atom. The Balaban J connectivity index is 2.68. The number of nitrogen functional groups attached to an aromatic ring is 1. The van der Waals surface area contributed by atoms with Crippen LogP contribution in [0.5, 0.6) is 0 Å². The maximum absolute atomic E-state index is 13.4. The van der Waals surface area contributed by atoms with Crippen LogP contribution in [0, 0.1) is 5.82 Å². The van der Waals surface area contributed by atoms with E-state index in [4.69, 9.17) is 5.73 Å². The van der Waals surface area contributed by atoms with Crippen molar-refractivity contribution in [2.45, 2.75) is 19.8 Å². The number of nitrogens with zero attached hydrogens (tertiary/aromatic N) is 2. The van der Waals surface area contributed by atoms with Crippen LogP contribution >= 0.6 is 0 Å². The summed E-state index contributed by atoms with van der Waals surface area (Å²) in [6.07, 6.45) is 1.63. The SMILES string of the molecule is CCCc1nc(N)c2cccc(F)c2n1. The van der Waals surface area contributed by atoms with Crippen molar-refractivity contribution < 1.29 is 4.39 Å². The van der Waals surface area contributed by atoms with E-state index in [-0.39, 0.29) is 5.82 Å². The smallest absolute Gasteiger partial charge is 0.149 e. The zero-order valence-electron chi connectivity index (χ0n) is 8.50. The minimum Gasteiger partial charge on any atom is -0.383 e. The van der Waals surface area contributed by atoms with Gasteiger partial charge in [-0.05, 0) is 18.6 Å². The van der Waals surface area contributed by atoms with Gasteiger partial charge in [-0.15, -0.1) is 0 Å². The fourth-order valence-corrected chi connectivity index (χ4v) is 1.52. The maximum Gasteiger partial charge on any atom is 0.149 e. The fraction of sp³-hybridized carbons (Fsp3) is 0.273. The number of aryl methyl sites for hydroxylation is 1. The quantitative estimate of drug-likeness (QED) is 0.818. The second kappa shape index (κ2) is 3.81. The summed E-state index contributed by atoms with van der Waals surface area (Å²) < 4.78 is 13.4. The molecule has 0 aliphatic heterocycles. The van der Waals surface area contributed by atoms with E-state index in [9.17, 15) is 4.39 Å². The Bertz CT molecular complexity index is 496. The molecule has 0 atom stereocenters. The molecular weight excluding hydrogens is 193 g/mol. The number of rotatable bonds is 2. The first-order valence-electron chi connectivity index (χ1n) is 4.93. The van der Waals surface area contributed by atoms with Gasteiger partial charge in [-0.2, -0.15) is 0 Å². The highest BCUT2D eigenvalue weighted by atomic mass is 19.1. The van der Waals surface area contributed by atoms with E-state index in [1.54, 1.807) is 12.1 Å².